The molecule has 8 heteroatoms. The fraction of sp³-hybridized carbons (Fsp3) is 0.182. The number of carbonyl (C=O) groups is 1. The number of nitrogens with two attached hydrogens (primary N) is 1. The molecule has 0 spiro atoms. The average Bonchev–Trinajstić information content (AvgIpc) is 3.15. The van der Waals surface area contributed by atoms with Crippen molar-refractivity contribution in [1.82, 2.24) is 25.1 Å². The van der Waals surface area contributed by atoms with Gasteiger partial charge in [0.05, 0.1) is 17.1 Å². The van der Waals surface area contributed by atoms with Gasteiger partial charge in [-0.2, -0.15) is 5.10 Å². The molecule has 1 amide bonds. The van der Waals surface area contributed by atoms with Gasteiger partial charge in [-0.05, 0) is 60.9 Å². The summed E-state index contributed by atoms with van der Waals surface area (Å²) in [5, 5.41) is 8.87. The molecular formula is C22H21ClN6O. The van der Waals surface area contributed by atoms with E-state index < -0.39 is 0 Å². The Morgan fingerprint density at radius 3 is 2.83 bits per heavy atom. The topological polar surface area (TPSA) is 98.7 Å². The van der Waals surface area contributed by atoms with Gasteiger partial charge in [-0.15, -0.1) is 0 Å². The van der Waals surface area contributed by atoms with Gasteiger partial charge < -0.3 is 11.1 Å². The second-order valence-electron chi connectivity index (χ2n) is 7.19. The number of benzene rings is 1. The van der Waals surface area contributed by atoms with Crippen molar-refractivity contribution in [3.05, 3.63) is 81.9 Å². The van der Waals surface area contributed by atoms with Gasteiger partial charge >= 0.3 is 0 Å². The number of rotatable bonds is 5. The maximum absolute atomic E-state index is 12.5. The van der Waals surface area contributed by atoms with E-state index in [9.17, 15) is 4.79 Å². The van der Waals surface area contributed by atoms with Gasteiger partial charge in [-0.3, -0.25) is 14.5 Å². The number of halogens is 1. The minimum atomic E-state index is -0.237. The van der Waals surface area contributed by atoms with E-state index in [0.717, 1.165) is 33.3 Å². The van der Waals surface area contributed by atoms with E-state index in [4.69, 9.17) is 17.3 Å². The molecule has 4 rings (SSSR count). The molecule has 3 aromatic heterocycles. The van der Waals surface area contributed by atoms with Crippen LogP contribution < -0.4 is 11.1 Å². The Morgan fingerprint density at radius 1 is 1.20 bits per heavy atom. The SMILES string of the molecule is Cc1cc(N)nc(C)c1CNC(=O)c1ccn(Cc2ccc3ncc(Cl)cc3c2)n1. The van der Waals surface area contributed by atoms with Gasteiger partial charge in [-0.1, -0.05) is 17.7 Å². The van der Waals surface area contributed by atoms with Gasteiger partial charge in [0.2, 0.25) is 0 Å². The molecule has 0 atom stereocenters. The molecule has 0 fully saturated rings. The highest BCUT2D eigenvalue weighted by Gasteiger charge is 2.12. The van der Waals surface area contributed by atoms with E-state index in [2.05, 4.69) is 20.4 Å². The van der Waals surface area contributed by atoms with Crippen molar-refractivity contribution in [3.8, 4) is 0 Å². The summed E-state index contributed by atoms with van der Waals surface area (Å²) < 4.78 is 1.73. The zero-order valence-corrected chi connectivity index (χ0v) is 17.4. The van der Waals surface area contributed by atoms with Crippen LogP contribution in [-0.4, -0.2) is 25.7 Å². The van der Waals surface area contributed by atoms with Crippen molar-refractivity contribution in [1.29, 1.82) is 0 Å². The second kappa shape index (κ2) is 8.12. The third kappa shape index (κ3) is 4.26. The minimum Gasteiger partial charge on any atom is -0.384 e. The highest BCUT2D eigenvalue weighted by atomic mass is 35.5. The normalized spacial score (nSPS) is 11.0. The average molecular weight is 421 g/mol. The summed E-state index contributed by atoms with van der Waals surface area (Å²) in [6.07, 6.45) is 3.42. The number of carbonyl (C=O) groups excluding carboxylic acids is 1. The van der Waals surface area contributed by atoms with Crippen LogP contribution in [0.15, 0.2) is 48.8 Å². The van der Waals surface area contributed by atoms with Gasteiger partial charge in [0, 0.05) is 30.0 Å². The number of pyridine rings is 2. The molecule has 0 saturated heterocycles. The van der Waals surface area contributed by atoms with Crippen LogP contribution in [0.1, 0.15) is 32.9 Å². The first-order valence-electron chi connectivity index (χ1n) is 9.47. The first-order valence-corrected chi connectivity index (χ1v) is 9.85. The number of nitrogen functional groups attached to an aromatic ring is 1. The highest BCUT2D eigenvalue weighted by molar-refractivity contribution is 6.31. The summed E-state index contributed by atoms with van der Waals surface area (Å²) in [6, 6.07) is 11.3. The molecule has 0 saturated carbocycles. The Bertz CT molecular complexity index is 1230. The van der Waals surface area contributed by atoms with Crippen molar-refractivity contribution in [3.63, 3.8) is 0 Å². The molecule has 152 valence electrons. The molecule has 1 aromatic carbocycles. The van der Waals surface area contributed by atoms with Crippen LogP contribution in [0.2, 0.25) is 5.02 Å². The van der Waals surface area contributed by atoms with E-state index in [1.807, 2.05) is 38.1 Å². The maximum atomic E-state index is 12.5. The molecule has 3 heterocycles. The van der Waals surface area contributed by atoms with Crippen molar-refractivity contribution in [2.75, 3.05) is 5.73 Å². The fourth-order valence-corrected chi connectivity index (χ4v) is 3.59. The number of nitrogens with zero attached hydrogens (tertiary/aromatic N) is 4. The predicted octanol–water partition coefficient (Wildman–Crippen LogP) is 3.66. The Labute approximate surface area is 178 Å². The third-order valence-electron chi connectivity index (χ3n) is 4.93. The van der Waals surface area contributed by atoms with Gasteiger partial charge in [0.1, 0.15) is 11.5 Å². The van der Waals surface area contributed by atoms with E-state index >= 15 is 0 Å². The molecule has 0 aliphatic rings. The number of anilines is 1. The molecule has 30 heavy (non-hydrogen) atoms. The summed E-state index contributed by atoms with van der Waals surface area (Å²) in [7, 11) is 0. The van der Waals surface area contributed by atoms with Crippen LogP contribution in [-0.2, 0) is 13.1 Å². The van der Waals surface area contributed by atoms with Gasteiger partial charge in [-0.25, -0.2) is 4.98 Å². The minimum absolute atomic E-state index is 0.237. The fourth-order valence-electron chi connectivity index (χ4n) is 3.42. The van der Waals surface area contributed by atoms with Crippen molar-refractivity contribution >= 4 is 34.2 Å². The highest BCUT2D eigenvalue weighted by Crippen LogP contribution is 2.19. The molecule has 4 aromatic rings. The smallest absolute Gasteiger partial charge is 0.272 e. The standard InChI is InChI=1S/C22H21ClN6O/c1-13-7-21(24)27-14(2)18(13)11-26-22(30)20-5-6-29(28-20)12-15-3-4-19-16(8-15)9-17(23)10-25-19/h3-10H,11-12H2,1-2H3,(H2,24,27)(H,26,30). The zero-order valence-electron chi connectivity index (χ0n) is 16.7. The lowest BCUT2D eigenvalue weighted by Gasteiger charge is -2.10. The van der Waals surface area contributed by atoms with E-state index in [1.165, 1.54) is 0 Å². The predicted molar refractivity (Wildman–Crippen MR) is 117 cm³/mol. The Kier molecular flexibility index (Phi) is 5.37. The van der Waals surface area contributed by atoms with E-state index in [0.29, 0.717) is 29.6 Å². The monoisotopic (exact) mass is 420 g/mol. The molecule has 0 bridgehead atoms. The Hall–Kier alpha value is -3.45. The number of aryl methyl sites for hydroxylation is 2. The summed E-state index contributed by atoms with van der Waals surface area (Å²) in [5.74, 6) is 0.240. The summed E-state index contributed by atoms with van der Waals surface area (Å²) >= 11 is 6.04. The molecule has 0 unspecified atom stereocenters. The Balaban J connectivity index is 1.44. The van der Waals surface area contributed by atoms with Crippen LogP contribution >= 0.6 is 11.6 Å². The number of fused-ring (bicyclic) bond motifs is 1. The molecule has 0 aliphatic carbocycles. The van der Waals surface area contributed by atoms with Crippen LogP contribution in [0.4, 0.5) is 5.82 Å². The third-order valence-corrected chi connectivity index (χ3v) is 5.14. The van der Waals surface area contributed by atoms with Gasteiger partial charge in [0.25, 0.3) is 5.91 Å². The van der Waals surface area contributed by atoms with E-state index in [1.54, 1.807) is 29.2 Å². The lowest BCUT2D eigenvalue weighted by atomic mass is 10.1. The summed E-state index contributed by atoms with van der Waals surface area (Å²) in [6.45, 7) is 4.74. The molecule has 0 radical (unpaired) electrons. The second-order valence-corrected chi connectivity index (χ2v) is 7.63. The number of hydrogen-bond acceptors (Lipinski definition) is 5. The maximum Gasteiger partial charge on any atom is 0.272 e. The van der Waals surface area contributed by atoms with Crippen molar-refractivity contribution in [2.24, 2.45) is 0 Å². The zero-order chi connectivity index (χ0) is 21.3. The first-order chi connectivity index (χ1) is 14.4. The summed E-state index contributed by atoms with van der Waals surface area (Å²) in [4.78, 5) is 21.1. The van der Waals surface area contributed by atoms with Crippen molar-refractivity contribution in [2.45, 2.75) is 26.9 Å². The largest absolute Gasteiger partial charge is 0.384 e. The molecular weight excluding hydrogens is 400 g/mol. The first kappa shape index (κ1) is 19.8. The molecule has 3 N–H and O–H groups in total. The quantitative estimate of drug-likeness (QED) is 0.513. The van der Waals surface area contributed by atoms with Crippen LogP contribution in [0.5, 0.6) is 0 Å². The van der Waals surface area contributed by atoms with Gasteiger partial charge in [0.15, 0.2) is 0 Å². The molecule has 7 nitrogen and oxygen atoms in total. The van der Waals surface area contributed by atoms with Crippen LogP contribution in [0.25, 0.3) is 10.9 Å². The van der Waals surface area contributed by atoms with Crippen LogP contribution in [0, 0.1) is 13.8 Å². The number of amides is 1. The molecule has 0 aliphatic heterocycles. The number of aromatic nitrogens is 4. The Morgan fingerprint density at radius 2 is 2.03 bits per heavy atom. The van der Waals surface area contributed by atoms with Crippen LogP contribution in [0.3, 0.4) is 0 Å². The lowest BCUT2D eigenvalue weighted by molar-refractivity contribution is 0.0945. The summed E-state index contributed by atoms with van der Waals surface area (Å²) in [5.41, 5.74) is 10.8. The van der Waals surface area contributed by atoms with E-state index in [-0.39, 0.29) is 5.91 Å². The van der Waals surface area contributed by atoms with Crippen molar-refractivity contribution < 1.29 is 4.79 Å². The lowest BCUT2D eigenvalue weighted by Crippen LogP contribution is -2.24. The number of hydrogen-bond donors (Lipinski definition) is 2. The number of nitrogens with one attached hydrogen (secondary N) is 1.